The summed E-state index contributed by atoms with van der Waals surface area (Å²) in [6.45, 7) is 7.36. The minimum absolute atomic E-state index is 0.725. The molecule has 0 N–H and O–H groups in total. The summed E-state index contributed by atoms with van der Waals surface area (Å²) in [5.41, 5.74) is 0. The van der Waals surface area contributed by atoms with Crippen LogP contribution in [0.15, 0.2) is 22.5 Å². The van der Waals surface area contributed by atoms with E-state index in [2.05, 4.69) is 6.58 Å². The van der Waals surface area contributed by atoms with Crippen molar-refractivity contribution in [3.63, 3.8) is 0 Å². The summed E-state index contributed by atoms with van der Waals surface area (Å²) in [4.78, 5) is 11.8. The quantitative estimate of drug-likeness (QED) is 0.444. The molecule has 0 atom stereocenters. The van der Waals surface area contributed by atoms with E-state index in [0.717, 1.165) is 16.1 Å². The van der Waals surface area contributed by atoms with Gasteiger partial charge in [-0.25, -0.2) is 0 Å². The van der Waals surface area contributed by atoms with E-state index in [4.69, 9.17) is 0 Å². The molecular formula is C7H10OS. The van der Waals surface area contributed by atoms with Crippen molar-refractivity contribution in [1.82, 2.24) is 0 Å². The minimum atomic E-state index is 0.725. The molecule has 0 unspecified atom stereocenters. The molecular weight excluding hydrogens is 132 g/mol. The number of allylic oxidation sites excluding steroid dienone is 3. The predicted octanol–water partition coefficient (Wildman–Crippen LogP) is 2.36. The van der Waals surface area contributed by atoms with Gasteiger partial charge in [0.05, 0.1) is 0 Å². The summed E-state index contributed by atoms with van der Waals surface area (Å²) in [6, 6.07) is 0. The van der Waals surface area contributed by atoms with Gasteiger partial charge in [-0.15, -0.1) is 0 Å². The van der Waals surface area contributed by atoms with Gasteiger partial charge in [-0.3, -0.25) is 4.79 Å². The van der Waals surface area contributed by atoms with Gasteiger partial charge in [0.1, 0.15) is 0 Å². The lowest BCUT2D eigenvalue weighted by molar-refractivity contribution is -0.104. The van der Waals surface area contributed by atoms with Crippen LogP contribution in [-0.4, -0.2) is 6.29 Å². The second-order valence-corrected chi connectivity index (χ2v) is 2.99. The summed E-state index contributed by atoms with van der Waals surface area (Å²) in [5.74, 6) is 0. The molecule has 0 radical (unpaired) electrons. The number of hydrogen-bond donors (Lipinski definition) is 0. The molecule has 0 aliphatic heterocycles. The molecule has 0 spiro atoms. The molecule has 9 heavy (non-hydrogen) atoms. The normalized spacial score (nSPS) is 11.1. The minimum Gasteiger partial charge on any atom is -0.297 e. The Morgan fingerprint density at radius 3 is 2.33 bits per heavy atom. The van der Waals surface area contributed by atoms with Crippen LogP contribution in [-0.2, 0) is 4.79 Å². The van der Waals surface area contributed by atoms with Crippen molar-refractivity contribution < 1.29 is 4.79 Å². The molecule has 0 aromatic carbocycles. The van der Waals surface area contributed by atoms with Crippen molar-refractivity contribution >= 4 is 18.0 Å². The zero-order valence-corrected chi connectivity index (χ0v) is 6.49. The number of carbonyl (C=O) groups is 1. The Bertz CT molecular complexity index is 147. The lowest BCUT2D eigenvalue weighted by Crippen LogP contribution is -1.74. The summed E-state index contributed by atoms with van der Waals surface area (Å²) >= 11 is 1.40. The van der Waals surface area contributed by atoms with Gasteiger partial charge in [-0.2, -0.15) is 0 Å². The van der Waals surface area contributed by atoms with Crippen LogP contribution in [0.4, 0.5) is 0 Å². The molecule has 0 aromatic heterocycles. The largest absolute Gasteiger partial charge is 0.297 e. The van der Waals surface area contributed by atoms with E-state index < -0.39 is 0 Å². The van der Waals surface area contributed by atoms with Gasteiger partial charge in [0.2, 0.25) is 0 Å². The first kappa shape index (κ1) is 8.50. The van der Waals surface area contributed by atoms with Gasteiger partial charge in [0.15, 0.2) is 6.29 Å². The van der Waals surface area contributed by atoms with Crippen LogP contribution in [0.1, 0.15) is 13.8 Å². The van der Waals surface area contributed by atoms with Gasteiger partial charge in [-0.05, 0) is 18.8 Å². The third kappa shape index (κ3) is 4.03. The van der Waals surface area contributed by atoms with Crippen molar-refractivity contribution in [2.24, 2.45) is 0 Å². The third-order valence-corrected chi connectivity index (χ3v) is 1.61. The maximum Gasteiger partial charge on any atom is 0.156 e. The van der Waals surface area contributed by atoms with Crippen molar-refractivity contribution in [1.29, 1.82) is 0 Å². The van der Waals surface area contributed by atoms with E-state index in [0.29, 0.717) is 0 Å². The summed E-state index contributed by atoms with van der Waals surface area (Å²) in [5, 5.41) is 0. The van der Waals surface area contributed by atoms with E-state index in [9.17, 15) is 4.79 Å². The van der Waals surface area contributed by atoms with Gasteiger partial charge in [0, 0.05) is 4.91 Å². The standard InChI is InChI=1S/C7H10OS/c1-4-7(5-8)9-6(2)3/h4-5H,2H2,1,3H3/b7-4-. The highest BCUT2D eigenvalue weighted by Crippen LogP contribution is 2.20. The highest BCUT2D eigenvalue weighted by atomic mass is 32.2. The first-order valence-corrected chi connectivity index (χ1v) is 3.47. The van der Waals surface area contributed by atoms with E-state index >= 15 is 0 Å². The van der Waals surface area contributed by atoms with E-state index in [-0.39, 0.29) is 0 Å². The first-order valence-electron chi connectivity index (χ1n) is 2.65. The maximum atomic E-state index is 10.1. The topological polar surface area (TPSA) is 17.1 Å². The Morgan fingerprint density at radius 2 is 2.22 bits per heavy atom. The highest BCUT2D eigenvalue weighted by Gasteiger charge is 1.92. The van der Waals surface area contributed by atoms with Gasteiger partial charge >= 0.3 is 0 Å². The van der Waals surface area contributed by atoms with Crippen LogP contribution in [0.5, 0.6) is 0 Å². The van der Waals surface area contributed by atoms with Crippen LogP contribution in [0.3, 0.4) is 0 Å². The molecule has 0 aliphatic carbocycles. The fraction of sp³-hybridized carbons (Fsp3) is 0.286. The van der Waals surface area contributed by atoms with Crippen LogP contribution in [0.25, 0.3) is 0 Å². The molecule has 50 valence electrons. The van der Waals surface area contributed by atoms with Crippen LogP contribution in [0, 0.1) is 0 Å². The molecule has 2 heteroatoms. The van der Waals surface area contributed by atoms with Crippen molar-refractivity contribution in [2.75, 3.05) is 0 Å². The van der Waals surface area contributed by atoms with Crippen molar-refractivity contribution in [3.05, 3.63) is 22.5 Å². The zero-order valence-electron chi connectivity index (χ0n) is 5.68. The summed E-state index contributed by atoms with van der Waals surface area (Å²) < 4.78 is 0. The predicted molar refractivity (Wildman–Crippen MR) is 42.2 cm³/mol. The van der Waals surface area contributed by atoms with Crippen LogP contribution in [0.2, 0.25) is 0 Å². The Labute approximate surface area is 59.8 Å². The zero-order chi connectivity index (χ0) is 7.28. The Kier molecular flexibility index (Phi) is 4.14. The molecule has 0 heterocycles. The van der Waals surface area contributed by atoms with E-state index in [1.54, 1.807) is 6.08 Å². The lowest BCUT2D eigenvalue weighted by atomic mass is 10.6. The lowest BCUT2D eigenvalue weighted by Gasteiger charge is -1.94. The van der Waals surface area contributed by atoms with Gasteiger partial charge < -0.3 is 0 Å². The average Bonchev–Trinajstić information content (AvgIpc) is 1.82. The van der Waals surface area contributed by atoms with Crippen molar-refractivity contribution in [2.45, 2.75) is 13.8 Å². The van der Waals surface area contributed by atoms with E-state index in [1.807, 2.05) is 13.8 Å². The molecule has 0 bridgehead atoms. The van der Waals surface area contributed by atoms with Crippen molar-refractivity contribution in [3.8, 4) is 0 Å². The van der Waals surface area contributed by atoms with Crippen LogP contribution >= 0.6 is 11.8 Å². The highest BCUT2D eigenvalue weighted by molar-refractivity contribution is 8.07. The number of hydrogen-bond acceptors (Lipinski definition) is 2. The Balaban J connectivity index is 3.86. The summed E-state index contributed by atoms with van der Waals surface area (Å²) in [6.07, 6.45) is 2.60. The molecule has 0 aliphatic rings. The molecule has 0 rings (SSSR count). The first-order chi connectivity index (χ1) is 4.20. The van der Waals surface area contributed by atoms with Gasteiger partial charge in [0.25, 0.3) is 0 Å². The smallest absolute Gasteiger partial charge is 0.156 e. The average molecular weight is 142 g/mol. The second-order valence-electron chi connectivity index (χ2n) is 1.61. The Hall–Kier alpha value is -0.500. The summed E-state index contributed by atoms with van der Waals surface area (Å²) in [7, 11) is 0. The third-order valence-electron chi connectivity index (χ3n) is 0.693. The Morgan fingerprint density at radius 1 is 1.67 bits per heavy atom. The SMILES string of the molecule is C=C(C)S/C(C=O)=C\C. The number of rotatable bonds is 3. The molecule has 0 saturated heterocycles. The fourth-order valence-corrected chi connectivity index (χ4v) is 0.921. The molecule has 1 nitrogen and oxygen atoms in total. The number of carbonyl (C=O) groups excluding carboxylic acids is 1. The number of thioether (sulfide) groups is 1. The molecule has 0 fully saturated rings. The molecule has 0 saturated carbocycles. The fourth-order valence-electron chi connectivity index (χ4n) is 0.352. The second kappa shape index (κ2) is 4.39. The molecule has 0 aromatic rings. The number of aldehydes is 1. The van der Waals surface area contributed by atoms with Gasteiger partial charge in [-0.1, -0.05) is 24.4 Å². The van der Waals surface area contributed by atoms with E-state index in [1.165, 1.54) is 11.8 Å². The molecule has 0 amide bonds. The monoisotopic (exact) mass is 142 g/mol. The van der Waals surface area contributed by atoms with Crippen LogP contribution < -0.4 is 0 Å². The maximum absolute atomic E-state index is 10.1.